The van der Waals surface area contributed by atoms with E-state index in [1.54, 1.807) is 0 Å². The number of para-hydroxylation sites is 1. The molecule has 0 saturated heterocycles. The highest BCUT2D eigenvalue weighted by Crippen LogP contribution is 2.34. The molecule has 2 N–H and O–H groups in total. The predicted molar refractivity (Wildman–Crippen MR) is 87.2 cm³/mol. The Kier molecular flexibility index (Phi) is 5.88. The summed E-state index contributed by atoms with van der Waals surface area (Å²) in [6.07, 6.45) is 0. The summed E-state index contributed by atoms with van der Waals surface area (Å²) in [7, 11) is 0. The number of rotatable bonds is 6. The maximum absolute atomic E-state index is 5.73. The molecule has 3 nitrogen and oxygen atoms in total. The van der Waals surface area contributed by atoms with Crippen LogP contribution in [-0.2, 0) is 6.54 Å². The van der Waals surface area contributed by atoms with E-state index < -0.39 is 0 Å². The summed E-state index contributed by atoms with van der Waals surface area (Å²) < 4.78 is 13.1. The summed E-state index contributed by atoms with van der Waals surface area (Å²) in [4.78, 5) is 0. The van der Waals surface area contributed by atoms with Gasteiger partial charge in [0.15, 0.2) is 0 Å². The maximum Gasteiger partial charge on any atom is 0.147 e. The Hall–Kier alpha value is -1.04. The Labute approximate surface area is 135 Å². The highest BCUT2D eigenvalue weighted by molar-refractivity contribution is 9.11. The van der Waals surface area contributed by atoms with E-state index in [-0.39, 0.29) is 0 Å². The molecule has 0 heterocycles. The molecule has 0 aliphatic carbocycles. The second-order valence-electron chi connectivity index (χ2n) is 4.10. The Balaban J connectivity index is 1.88. The van der Waals surface area contributed by atoms with Crippen LogP contribution in [-0.4, -0.2) is 13.2 Å². The largest absolute Gasteiger partial charge is 0.490 e. The molecule has 106 valence electrons. The Bertz CT molecular complexity index is 538. The van der Waals surface area contributed by atoms with Crippen LogP contribution in [0.25, 0.3) is 0 Å². The summed E-state index contributed by atoms with van der Waals surface area (Å²) in [5.41, 5.74) is 6.66. The van der Waals surface area contributed by atoms with Crippen LogP contribution in [0.5, 0.6) is 11.5 Å². The summed E-state index contributed by atoms with van der Waals surface area (Å²) in [5.74, 6) is 1.60. The van der Waals surface area contributed by atoms with Crippen molar-refractivity contribution in [1.29, 1.82) is 0 Å². The van der Waals surface area contributed by atoms with E-state index in [4.69, 9.17) is 15.2 Å². The molecule has 0 spiro atoms. The van der Waals surface area contributed by atoms with Gasteiger partial charge in [0.2, 0.25) is 0 Å². The SMILES string of the molecule is NCc1cc(Br)c(OCCOc2ccccc2)c(Br)c1. The molecule has 2 rings (SSSR count). The molecule has 0 amide bonds. The lowest BCUT2D eigenvalue weighted by Gasteiger charge is -2.12. The topological polar surface area (TPSA) is 44.5 Å². The molecule has 0 bridgehead atoms. The monoisotopic (exact) mass is 399 g/mol. The first-order chi connectivity index (χ1) is 9.70. The van der Waals surface area contributed by atoms with Crippen LogP contribution in [0, 0.1) is 0 Å². The smallest absolute Gasteiger partial charge is 0.147 e. The third-order valence-electron chi connectivity index (χ3n) is 2.64. The highest BCUT2D eigenvalue weighted by atomic mass is 79.9. The van der Waals surface area contributed by atoms with Gasteiger partial charge < -0.3 is 15.2 Å². The van der Waals surface area contributed by atoms with Crippen molar-refractivity contribution in [3.05, 3.63) is 57.0 Å². The minimum absolute atomic E-state index is 0.466. The van der Waals surface area contributed by atoms with Crippen LogP contribution in [0.4, 0.5) is 0 Å². The third-order valence-corrected chi connectivity index (χ3v) is 3.81. The number of benzene rings is 2. The van der Waals surface area contributed by atoms with Crippen LogP contribution < -0.4 is 15.2 Å². The van der Waals surface area contributed by atoms with Crippen LogP contribution >= 0.6 is 31.9 Å². The minimum atomic E-state index is 0.466. The van der Waals surface area contributed by atoms with E-state index in [9.17, 15) is 0 Å². The van der Waals surface area contributed by atoms with Crippen molar-refractivity contribution in [2.75, 3.05) is 13.2 Å². The first kappa shape index (κ1) is 15.4. The summed E-state index contributed by atoms with van der Waals surface area (Å²) >= 11 is 6.97. The van der Waals surface area contributed by atoms with Crippen molar-refractivity contribution < 1.29 is 9.47 Å². The van der Waals surface area contributed by atoms with Crippen molar-refractivity contribution in [2.45, 2.75) is 6.54 Å². The first-order valence-electron chi connectivity index (χ1n) is 6.19. The van der Waals surface area contributed by atoms with Crippen molar-refractivity contribution >= 4 is 31.9 Å². The zero-order valence-electron chi connectivity index (χ0n) is 10.8. The number of ether oxygens (including phenoxy) is 2. The molecule has 0 aliphatic rings. The van der Waals surface area contributed by atoms with Crippen LogP contribution in [0.2, 0.25) is 0 Å². The Morgan fingerprint density at radius 3 is 2.10 bits per heavy atom. The summed E-state index contributed by atoms with van der Waals surface area (Å²) in [6.45, 7) is 1.45. The molecular formula is C15H15Br2NO2. The lowest BCUT2D eigenvalue weighted by Crippen LogP contribution is -2.09. The fourth-order valence-corrected chi connectivity index (χ4v) is 3.20. The second kappa shape index (κ2) is 7.67. The second-order valence-corrected chi connectivity index (χ2v) is 5.81. The number of halogens is 2. The van der Waals surface area contributed by atoms with Crippen molar-refractivity contribution in [2.24, 2.45) is 5.73 Å². The van der Waals surface area contributed by atoms with Gasteiger partial charge >= 0.3 is 0 Å². The molecule has 2 aromatic carbocycles. The molecule has 0 fully saturated rings. The van der Waals surface area contributed by atoms with Gasteiger partial charge in [-0.1, -0.05) is 18.2 Å². The molecule has 20 heavy (non-hydrogen) atoms. The lowest BCUT2D eigenvalue weighted by molar-refractivity contribution is 0.215. The molecule has 0 aliphatic heterocycles. The normalized spacial score (nSPS) is 10.3. The van der Waals surface area contributed by atoms with E-state index in [1.165, 1.54) is 0 Å². The van der Waals surface area contributed by atoms with Gasteiger partial charge in [-0.2, -0.15) is 0 Å². The van der Waals surface area contributed by atoms with Gasteiger partial charge in [0.1, 0.15) is 24.7 Å². The van der Waals surface area contributed by atoms with E-state index in [2.05, 4.69) is 31.9 Å². The Morgan fingerprint density at radius 2 is 1.50 bits per heavy atom. The third kappa shape index (κ3) is 4.23. The minimum Gasteiger partial charge on any atom is -0.490 e. The average molecular weight is 401 g/mol. The van der Waals surface area contributed by atoms with E-state index >= 15 is 0 Å². The van der Waals surface area contributed by atoms with E-state index in [0.717, 1.165) is 26.0 Å². The van der Waals surface area contributed by atoms with Crippen molar-refractivity contribution in [1.82, 2.24) is 0 Å². The zero-order valence-corrected chi connectivity index (χ0v) is 14.0. The fraction of sp³-hybridized carbons (Fsp3) is 0.200. The van der Waals surface area contributed by atoms with E-state index in [0.29, 0.717) is 19.8 Å². The molecule has 5 heteroatoms. The standard InChI is InChI=1S/C15H15Br2NO2/c16-13-8-11(10-18)9-14(17)15(13)20-7-6-19-12-4-2-1-3-5-12/h1-5,8-9H,6-7,10,18H2. The Morgan fingerprint density at radius 1 is 0.900 bits per heavy atom. The quantitative estimate of drug-likeness (QED) is 0.741. The molecule has 0 atom stereocenters. The molecule has 2 aromatic rings. The molecule has 0 saturated carbocycles. The number of nitrogens with two attached hydrogens (primary N) is 1. The zero-order chi connectivity index (χ0) is 14.4. The van der Waals surface area contributed by atoms with Crippen LogP contribution in [0.3, 0.4) is 0 Å². The molecule has 0 radical (unpaired) electrons. The lowest BCUT2D eigenvalue weighted by atomic mass is 10.2. The van der Waals surface area contributed by atoms with Gasteiger partial charge in [-0.15, -0.1) is 0 Å². The number of hydrogen-bond donors (Lipinski definition) is 1. The van der Waals surface area contributed by atoms with Crippen LogP contribution in [0.15, 0.2) is 51.4 Å². The fourth-order valence-electron chi connectivity index (χ4n) is 1.69. The van der Waals surface area contributed by atoms with Crippen molar-refractivity contribution in [3.63, 3.8) is 0 Å². The maximum atomic E-state index is 5.73. The number of hydrogen-bond acceptors (Lipinski definition) is 3. The van der Waals surface area contributed by atoms with E-state index in [1.807, 2.05) is 42.5 Å². The molecule has 0 unspecified atom stereocenters. The first-order valence-corrected chi connectivity index (χ1v) is 7.78. The van der Waals surface area contributed by atoms with Gasteiger partial charge in [0.25, 0.3) is 0 Å². The van der Waals surface area contributed by atoms with Gasteiger partial charge in [0.05, 0.1) is 8.95 Å². The van der Waals surface area contributed by atoms with Gasteiger partial charge in [-0.25, -0.2) is 0 Å². The summed E-state index contributed by atoms with van der Waals surface area (Å²) in [5, 5.41) is 0. The van der Waals surface area contributed by atoms with Gasteiger partial charge in [-0.3, -0.25) is 0 Å². The average Bonchev–Trinajstić information content (AvgIpc) is 2.46. The molecule has 0 aromatic heterocycles. The van der Waals surface area contributed by atoms with Gasteiger partial charge in [-0.05, 0) is 61.7 Å². The van der Waals surface area contributed by atoms with Crippen LogP contribution in [0.1, 0.15) is 5.56 Å². The predicted octanol–water partition coefficient (Wildman–Crippen LogP) is 4.13. The van der Waals surface area contributed by atoms with Gasteiger partial charge in [0, 0.05) is 6.54 Å². The molecular weight excluding hydrogens is 386 g/mol. The van der Waals surface area contributed by atoms with Crippen molar-refractivity contribution in [3.8, 4) is 11.5 Å². The highest BCUT2D eigenvalue weighted by Gasteiger charge is 2.08. The summed E-state index contributed by atoms with van der Waals surface area (Å²) in [6, 6.07) is 13.6.